The largest absolute Gasteiger partial charge is 0.335 e. The van der Waals surface area contributed by atoms with Crippen molar-refractivity contribution < 1.29 is 8.97 Å². The van der Waals surface area contributed by atoms with Crippen molar-refractivity contribution in [1.29, 1.82) is 0 Å². The summed E-state index contributed by atoms with van der Waals surface area (Å²) in [6.07, 6.45) is 6.84. The maximum atomic E-state index is 14.0. The predicted molar refractivity (Wildman–Crippen MR) is 111 cm³/mol. The number of benzene rings is 1. The number of nitrogens with one attached hydrogen (secondary N) is 1. The first-order valence-corrected chi connectivity index (χ1v) is 9.72. The number of allylic oxidation sites excluding steroid dienone is 3. The molecule has 1 saturated heterocycles. The van der Waals surface area contributed by atoms with Crippen LogP contribution >= 0.6 is 0 Å². The number of likely N-dealkylation sites (N-methyl/N-ethyl adjacent to an activating group) is 1. The molecule has 1 aromatic heterocycles. The van der Waals surface area contributed by atoms with Gasteiger partial charge in [0.05, 0.1) is 18.0 Å². The lowest BCUT2D eigenvalue weighted by Crippen LogP contribution is -2.32. The molecule has 0 spiro atoms. The van der Waals surface area contributed by atoms with Crippen molar-refractivity contribution in [2.24, 2.45) is 17.8 Å². The molecule has 4 unspecified atom stereocenters. The summed E-state index contributed by atoms with van der Waals surface area (Å²) in [7, 11) is 1.98. The number of halogens is 1. The Morgan fingerprint density at radius 1 is 1.29 bits per heavy atom. The van der Waals surface area contributed by atoms with Gasteiger partial charge in [-0.1, -0.05) is 38.1 Å². The van der Waals surface area contributed by atoms with E-state index in [9.17, 15) is 9.18 Å². The van der Waals surface area contributed by atoms with Gasteiger partial charge in [0, 0.05) is 6.54 Å². The van der Waals surface area contributed by atoms with E-state index in [1.165, 1.54) is 11.6 Å². The molecule has 28 heavy (non-hydrogen) atoms. The van der Waals surface area contributed by atoms with Crippen LogP contribution in [0.15, 0.2) is 46.8 Å². The van der Waals surface area contributed by atoms with Crippen LogP contribution in [0.5, 0.6) is 0 Å². The molecule has 0 amide bonds. The summed E-state index contributed by atoms with van der Waals surface area (Å²) in [6, 6.07) is 4.73. The molecule has 1 aromatic carbocycles. The van der Waals surface area contributed by atoms with Crippen LogP contribution in [0.2, 0.25) is 0 Å². The summed E-state index contributed by atoms with van der Waals surface area (Å²) in [5.41, 5.74) is 1.24. The predicted octanol–water partition coefficient (Wildman–Crippen LogP) is 2.98. The molecule has 6 heteroatoms. The second-order valence-electron chi connectivity index (χ2n) is 8.10. The maximum absolute atomic E-state index is 14.0. The lowest BCUT2D eigenvalue weighted by Gasteiger charge is -2.23. The van der Waals surface area contributed by atoms with Crippen LogP contribution < -0.4 is 10.5 Å². The average molecular weight is 381 g/mol. The molecule has 1 N–H and O–H groups in total. The topological polar surface area (TPSA) is 52.0 Å². The fourth-order valence-corrected chi connectivity index (χ4v) is 4.22. The monoisotopic (exact) mass is 381 g/mol. The molecule has 0 radical (unpaired) electrons. The Kier molecular flexibility index (Phi) is 4.65. The summed E-state index contributed by atoms with van der Waals surface area (Å²) in [5.74, 6) is 1.23. The lowest BCUT2D eigenvalue weighted by molar-refractivity contribution is -0.530. The van der Waals surface area contributed by atoms with Gasteiger partial charge < -0.3 is 4.90 Å². The Hall–Kier alpha value is -2.76. The van der Waals surface area contributed by atoms with Crippen molar-refractivity contribution in [3.63, 3.8) is 0 Å². The number of aromatic amines is 1. The zero-order chi connectivity index (χ0) is 20.0. The summed E-state index contributed by atoms with van der Waals surface area (Å²) < 4.78 is 16.0. The van der Waals surface area contributed by atoms with Crippen molar-refractivity contribution >= 4 is 23.6 Å². The van der Waals surface area contributed by atoms with E-state index in [0.717, 1.165) is 6.54 Å². The molecule has 1 fully saturated rings. The standard InChI is InChI=1S/C22H25FN4O/c1-13-8-9-15(10-14(13)2)16-11-27(12-19(16)26(3)4)22-24-18-7-5-6-17(23)20(18)21(28)25-22/h5-10,13-14,16,19H,3,11-12H2,1-2,4H3/p+1. The van der Waals surface area contributed by atoms with Gasteiger partial charge in [-0.3, -0.25) is 9.78 Å². The van der Waals surface area contributed by atoms with E-state index in [1.807, 2.05) is 11.6 Å². The van der Waals surface area contributed by atoms with Gasteiger partial charge in [0.2, 0.25) is 5.95 Å². The van der Waals surface area contributed by atoms with Crippen LogP contribution in [-0.4, -0.2) is 47.4 Å². The summed E-state index contributed by atoms with van der Waals surface area (Å²) in [4.78, 5) is 21.8. The Balaban J connectivity index is 1.70. The van der Waals surface area contributed by atoms with Crippen LogP contribution in [0, 0.1) is 23.6 Å². The van der Waals surface area contributed by atoms with Crippen LogP contribution in [0.3, 0.4) is 0 Å². The molecule has 1 aliphatic carbocycles. The Morgan fingerprint density at radius 3 is 2.79 bits per heavy atom. The van der Waals surface area contributed by atoms with E-state index in [0.29, 0.717) is 29.8 Å². The summed E-state index contributed by atoms with van der Waals surface area (Å²) in [6.45, 7) is 10.0. The van der Waals surface area contributed by atoms with Crippen LogP contribution in [0.1, 0.15) is 13.8 Å². The van der Waals surface area contributed by atoms with E-state index < -0.39 is 11.4 Å². The first-order valence-electron chi connectivity index (χ1n) is 9.72. The zero-order valence-corrected chi connectivity index (χ0v) is 16.5. The average Bonchev–Trinajstić information content (AvgIpc) is 3.09. The van der Waals surface area contributed by atoms with Gasteiger partial charge in [0.15, 0.2) is 6.04 Å². The summed E-state index contributed by atoms with van der Waals surface area (Å²) >= 11 is 0. The Labute approximate surface area is 163 Å². The number of hydrogen-bond donors (Lipinski definition) is 1. The summed E-state index contributed by atoms with van der Waals surface area (Å²) in [5, 5.41) is 0.00792. The molecule has 5 nitrogen and oxygen atoms in total. The van der Waals surface area contributed by atoms with Gasteiger partial charge >= 0.3 is 0 Å². The minimum absolute atomic E-state index is 0.00792. The molecule has 2 heterocycles. The SMILES string of the molecule is C=[N+](C)C1CN(c2nc3cccc(F)c3c(=O)[nH]2)CC1C1=CC(C)C(C)C=C1. The van der Waals surface area contributed by atoms with Gasteiger partial charge in [-0.25, -0.2) is 13.9 Å². The molecular formula is C22H26FN4O+. The highest BCUT2D eigenvalue weighted by Gasteiger charge is 2.41. The highest BCUT2D eigenvalue weighted by molar-refractivity contribution is 5.79. The minimum atomic E-state index is -0.548. The first-order chi connectivity index (χ1) is 13.3. The van der Waals surface area contributed by atoms with Crippen LogP contribution in [0.4, 0.5) is 10.3 Å². The van der Waals surface area contributed by atoms with Crippen molar-refractivity contribution in [3.05, 3.63) is 58.2 Å². The molecule has 4 atom stereocenters. The molecular weight excluding hydrogens is 355 g/mol. The highest BCUT2D eigenvalue weighted by atomic mass is 19.1. The Bertz CT molecular complexity index is 1050. The number of nitrogens with zero attached hydrogens (tertiary/aromatic N) is 3. The number of rotatable bonds is 3. The second-order valence-corrected chi connectivity index (χ2v) is 8.10. The number of aromatic nitrogens is 2. The van der Waals surface area contributed by atoms with E-state index in [-0.39, 0.29) is 17.3 Å². The number of H-pyrrole nitrogens is 1. The van der Waals surface area contributed by atoms with E-state index in [4.69, 9.17) is 0 Å². The maximum Gasteiger partial charge on any atom is 0.263 e. The molecule has 1 aliphatic heterocycles. The number of fused-ring (bicyclic) bond motifs is 1. The van der Waals surface area contributed by atoms with Crippen molar-refractivity contribution in [2.75, 3.05) is 25.0 Å². The van der Waals surface area contributed by atoms with E-state index in [2.05, 4.69) is 53.7 Å². The zero-order valence-electron chi connectivity index (χ0n) is 16.5. The number of anilines is 1. The molecule has 2 aliphatic rings. The third-order valence-electron chi connectivity index (χ3n) is 6.13. The molecule has 146 valence electrons. The molecule has 0 bridgehead atoms. The van der Waals surface area contributed by atoms with Gasteiger partial charge in [-0.15, -0.1) is 0 Å². The van der Waals surface area contributed by atoms with Gasteiger partial charge in [0.1, 0.15) is 25.0 Å². The van der Waals surface area contributed by atoms with Gasteiger partial charge in [-0.05, 0) is 29.5 Å². The fourth-order valence-electron chi connectivity index (χ4n) is 4.22. The first kappa shape index (κ1) is 18.6. The number of hydrogen-bond acceptors (Lipinski definition) is 3. The van der Waals surface area contributed by atoms with E-state index in [1.54, 1.807) is 12.1 Å². The third kappa shape index (κ3) is 3.17. The van der Waals surface area contributed by atoms with Crippen LogP contribution in [-0.2, 0) is 0 Å². The molecule has 4 rings (SSSR count). The van der Waals surface area contributed by atoms with Crippen molar-refractivity contribution in [3.8, 4) is 0 Å². The normalized spacial score (nSPS) is 27.3. The smallest absolute Gasteiger partial charge is 0.263 e. The highest BCUT2D eigenvalue weighted by Crippen LogP contribution is 2.33. The van der Waals surface area contributed by atoms with E-state index >= 15 is 0 Å². The van der Waals surface area contributed by atoms with Gasteiger partial charge in [0.25, 0.3) is 5.56 Å². The fraction of sp³-hybridized carbons (Fsp3) is 0.409. The second kappa shape index (κ2) is 7.00. The molecule has 0 saturated carbocycles. The van der Waals surface area contributed by atoms with Crippen LogP contribution in [0.25, 0.3) is 10.9 Å². The lowest BCUT2D eigenvalue weighted by atomic mass is 9.82. The van der Waals surface area contributed by atoms with Crippen molar-refractivity contribution in [1.82, 2.24) is 9.97 Å². The minimum Gasteiger partial charge on any atom is -0.335 e. The van der Waals surface area contributed by atoms with Gasteiger partial charge in [-0.2, -0.15) is 0 Å². The Morgan fingerprint density at radius 2 is 2.07 bits per heavy atom. The van der Waals surface area contributed by atoms with Crippen molar-refractivity contribution in [2.45, 2.75) is 19.9 Å². The quantitative estimate of drug-likeness (QED) is 0.657. The third-order valence-corrected chi connectivity index (χ3v) is 6.13. The molecule has 2 aromatic rings.